The Morgan fingerprint density at radius 2 is 1.67 bits per heavy atom. The lowest BCUT2D eigenvalue weighted by Crippen LogP contribution is -2.29. The van der Waals surface area contributed by atoms with Crippen molar-refractivity contribution >= 4 is 27.1 Å². The molecule has 10 heteroatoms. The number of anilines is 1. The van der Waals surface area contributed by atoms with Gasteiger partial charge < -0.3 is 19.8 Å². The van der Waals surface area contributed by atoms with Crippen molar-refractivity contribution < 1.29 is 23.4 Å². The third kappa shape index (κ3) is 5.73. The van der Waals surface area contributed by atoms with Crippen molar-refractivity contribution in [2.45, 2.75) is 4.90 Å². The zero-order chi connectivity index (χ0) is 19.9. The molecular weight excluding hydrogens is 372 g/mol. The van der Waals surface area contributed by atoms with Crippen molar-refractivity contribution in [3.8, 4) is 5.75 Å². The van der Waals surface area contributed by atoms with Gasteiger partial charge in [0.2, 0.25) is 10.0 Å². The molecule has 146 valence electrons. The number of ether oxygens (including phenoxy) is 1. The summed E-state index contributed by atoms with van der Waals surface area (Å²) in [5.41, 5.74) is 1.70. The minimum Gasteiger partial charge on any atom is -0.494 e. The van der Waals surface area contributed by atoms with Crippen LogP contribution in [0.25, 0.3) is 0 Å². The Balaban J connectivity index is 2.24. The van der Waals surface area contributed by atoms with Crippen molar-refractivity contribution in [3.63, 3.8) is 0 Å². The molecule has 0 saturated heterocycles. The third-order valence-corrected chi connectivity index (χ3v) is 4.64. The van der Waals surface area contributed by atoms with Crippen LogP contribution in [-0.4, -0.2) is 52.0 Å². The number of nitrogens with zero attached hydrogens (tertiary/aromatic N) is 3. The van der Waals surface area contributed by atoms with Crippen LogP contribution in [0.5, 0.6) is 5.75 Å². The van der Waals surface area contributed by atoms with E-state index < -0.39 is 10.0 Å². The zero-order valence-electron chi connectivity index (χ0n) is 14.8. The summed E-state index contributed by atoms with van der Waals surface area (Å²) < 4.78 is 27.9. The van der Waals surface area contributed by atoms with Crippen LogP contribution in [-0.2, 0) is 10.0 Å². The number of aliphatic hydroxyl groups is 2. The topological polar surface area (TPSA) is 138 Å². The van der Waals surface area contributed by atoms with Crippen LogP contribution in [0.15, 0.2) is 57.6 Å². The van der Waals surface area contributed by atoms with Crippen LogP contribution in [0.3, 0.4) is 0 Å². The molecule has 0 radical (unpaired) electrons. The number of sulfonamides is 1. The second-order valence-corrected chi connectivity index (χ2v) is 7.09. The molecule has 0 spiro atoms. The lowest BCUT2D eigenvalue weighted by molar-refractivity contribution is 0.281. The minimum absolute atomic E-state index is 0.00348. The number of hydrogen-bond acceptors (Lipinski definition) is 8. The van der Waals surface area contributed by atoms with E-state index in [1.807, 2.05) is 4.90 Å². The van der Waals surface area contributed by atoms with Gasteiger partial charge in [-0.2, -0.15) is 5.11 Å². The monoisotopic (exact) mass is 394 g/mol. The summed E-state index contributed by atoms with van der Waals surface area (Å²) in [4.78, 5) is 1.81. The quantitative estimate of drug-likeness (QED) is 0.552. The van der Waals surface area contributed by atoms with E-state index in [1.165, 1.54) is 31.4 Å². The maximum absolute atomic E-state index is 11.3. The first kappa shape index (κ1) is 20.8. The molecule has 2 rings (SSSR count). The predicted molar refractivity (Wildman–Crippen MR) is 101 cm³/mol. The smallest absolute Gasteiger partial charge is 0.238 e. The van der Waals surface area contributed by atoms with E-state index in [1.54, 1.807) is 18.2 Å². The SMILES string of the molecule is COc1cc(N(CCO)CCO)ccc1N=Nc1ccc(S(N)(=O)=O)cc1. The first-order chi connectivity index (χ1) is 12.9. The first-order valence-electron chi connectivity index (χ1n) is 8.08. The third-order valence-electron chi connectivity index (χ3n) is 3.71. The van der Waals surface area contributed by atoms with Crippen LogP contribution < -0.4 is 14.8 Å². The highest BCUT2D eigenvalue weighted by Gasteiger charge is 2.10. The lowest BCUT2D eigenvalue weighted by Gasteiger charge is -2.23. The Hall–Kier alpha value is -2.53. The van der Waals surface area contributed by atoms with Gasteiger partial charge in [0.15, 0.2) is 0 Å². The molecule has 0 aromatic heterocycles. The van der Waals surface area contributed by atoms with Gasteiger partial charge in [0.25, 0.3) is 0 Å². The van der Waals surface area contributed by atoms with Gasteiger partial charge in [0.1, 0.15) is 11.4 Å². The van der Waals surface area contributed by atoms with E-state index in [0.29, 0.717) is 30.2 Å². The second-order valence-electron chi connectivity index (χ2n) is 5.53. The van der Waals surface area contributed by atoms with Crippen molar-refractivity contribution in [1.82, 2.24) is 0 Å². The van der Waals surface area contributed by atoms with Gasteiger partial charge in [-0.05, 0) is 36.4 Å². The summed E-state index contributed by atoms with van der Waals surface area (Å²) in [6, 6.07) is 10.9. The molecule has 0 saturated carbocycles. The molecule has 0 heterocycles. The Labute approximate surface area is 157 Å². The molecule has 27 heavy (non-hydrogen) atoms. The molecule has 0 aliphatic carbocycles. The van der Waals surface area contributed by atoms with E-state index in [4.69, 9.17) is 20.1 Å². The summed E-state index contributed by atoms with van der Waals surface area (Å²) in [6.07, 6.45) is 0. The van der Waals surface area contributed by atoms with Gasteiger partial charge >= 0.3 is 0 Å². The molecule has 0 aliphatic heterocycles. The summed E-state index contributed by atoms with van der Waals surface area (Å²) in [5.74, 6) is 0.471. The van der Waals surface area contributed by atoms with Crippen LogP contribution in [0.2, 0.25) is 0 Å². The number of azo groups is 1. The number of nitrogens with two attached hydrogens (primary N) is 1. The van der Waals surface area contributed by atoms with Crippen molar-refractivity contribution in [2.75, 3.05) is 38.3 Å². The second kappa shape index (κ2) is 9.42. The Morgan fingerprint density at radius 1 is 1.04 bits per heavy atom. The molecule has 0 bridgehead atoms. The summed E-state index contributed by atoms with van der Waals surface area (Å²) in [5, 5.41) is 31.6. The number of hydrogen-bond donors (Lipinski definition) is 3. The largest absolute Gasteiger partial charge is 0.494 e. The van der Waals surface area contributed by atoms with Crippen molar-refractivity contribution in [3.05, 3.63) is 42.5 Å². The fraction of sp³-hybridized carbons (Fsp3) is 0.294. The maximum atomic E-state index is 11.3. The average Bonchev–Trinajstić information content (AvgIpc) is 2.65. The van der Waals surface area contributed by atoms with Gasteiger partial charge in [0, 0.05) is 24.8 Å². The van der Waals surface area contributed by atoms with E-state index >= 15 is 0 Å². The van der Waals surface area contributed by atoms with Crippen LogP contribution in [0, 0.1) is 0 Å². The molecule has 0 atom stereocenters. The molecule has 9 nitrogen and oxygen atoms in total. The van der Waals surface area contributed by atoms with Gasteiger partial charge in [-0.3, -0.25) is 0 Å². The van der Waals surface area contributed by atoms with Crippen LogP contribution >= 0.6 is 0 Å². The highest BCUT2D eigenvalue weighted by atomic mass is 32.2. The fourth-order valence-electron chi connectivity index (χ4n) is 2.37. The normalized spacial score (nSPS) is 11.7. The number of benzene rings is 2. The summed E-state index contributed by atoms with van der Waals surface area (Å²) >= 11 is 0. The standard InChI is InChI=1S/C17H22N4O5S/c1-26-17-12-14(21(8-10-22)9-11-23)4-7-16(17)20-19-13-2-5-15(6-3-13)27(18,24)25/h2-7,12,22-23H,8-11H2,1H3,(H2,18,24,25). The van der Waals surface area contributed by atoms with Crippen molar-refractivity contribution in [1.29, 1.82) is 0 Å². The minimum atomic E-state index is -3.75. The van der Waals surface area contributed by atoms with Gasteiger partial charge in [-0.1, -0.05) is 0 Å². The molecule has 0 amide bonds. The number of methoxy groups -OCH3 is 1. The Bertz CT molecular complexity index is 879. The summed E-state index contributed by atoms with van der Waals surface area (Å²) in [7, 11) is -2.25. The molecule has 0 aliphatic rings. The van der Waals surface area contributed by atoms with Crippen LogP contribution in [0.4, 0.5) is 17.1 Å². The molecule has 4 N–H and O–H groups in total. The van der Waals surface area contributed by atoms with E-state index in [-0.39, 0.29) is 18.1 Å². The highest BCUT2D eigenvalue weighted by molar-refractivity contribution is 7.89. The molecule has 2 aromatic rings. The number of rotatable bonds is 9. The average molecular weight is 394 g/mol. The van der Waals surface area contributed by atoms with E-state index in [0.717, 1.165) is 5.69 Å². The molecule has 0 unspecified atom stereocenters. The van der Waals surface area contributed by atoms with Crippen molar-refractivity contribution in [2.24, 2.45) is 15.4 Å². The van der Waals surface area contributed by atoms with Gasteiger partial charge in [-0.25, -0.2) is 13.6 Å². The maximum Gasteiger partial charge on any atom is 0.238 e. The first-order valence-corrected chi connectivity index (χ1v) is 9.63. The number of aliphatic hydroxyl groups excluding tert-OH is 2. The molecule has 0 fully saturated rings. The fourth-order valence-corrected chi connectivity index (χ4v) is 2.89. The molecule has 2 aromatic carbocycles. The Kier molecular flexibility index (Phi) is 7.25. The highest BCUT2D eigenvalue weighted by Crippen LogP contribution is 2.33. The number of primary sulfonamides is 1. The summed E-state index contributed by atoms with van der Waals surface area (Å²) in [6.45, 7) is 0.665. The van der Waals surface area contributed by atoms with E-state index in [9.17, 15) is 8.42 Å². The van der Waals surface area contributed by atoms with Crippen LogP contribution in [0.1, 0.15) is 0 Å². The van der Waals surface area contributed by atoms with Gasteiger partial charge in [0.05, 0.1) is 30.9 Å². The molecular formula is C17H22N4O5S. The predicted octanol–water partition coefficient (Wildman–Crippen LogP) is 1.55. The van der Waals surface area contributed by atoms with E-state index in [2.05, 4.69) is 10.2 Å². The zero-order valence-corrected chi connectivity index (χ0v) is 15.6. The Morgan fingerprint density at radius 3 is 2.19 bits per heavy atom. The lowest BCUT2D eigenvalue weighted by atomic mass is 10.2. The van der Waals surface area contributed by atoms with Gasteiger partial charge in [-0.15, -0.1) is 5.11 Å².